The number of thioether (sulfide) groups is 1. The van der Waals surface area contributed by atoms with Gasteiger partial charge in [0.2, 0.25) is 5.91 Å². The van der Waals surface area contributed by atoms with E-state index < -0.39 is 6.36 Å². The van der Waals surface area contributed by atoms with Crippen LogP contribution in [-0.2, 0) is 17.8 Å². The number of rotatable bonds is 8. The number of anilines is 1. The summed E-state index contributed by atoms with van der Waals surface area (Å²) in [5.74, 6) is 0.517. The fourth-order valence-electron chi connectivity index (χ4n) is 4.28. The molecule has 1 aromatic heterocycles. The molecule has 206 valence electrons. The normalized spacial score (nSPS) is 14.7. The molecule has 12 heteroatoms. The van der Waals surface area contributed by atoms with Gasteiger partial charge in [0.1, 0.15) is 12.1 Å². The maximum absolute atomic E-state index is 12.7. The molecule has 3 aromatic carbocycles. The van der Waals surface area contributed by atoms with Crippen LogP contribution in [0.2, 0.25) is 0 Å². The third-order valence-electron chi connectivity index (χ3n) is 6.19. The topological polar surface area (TPSA) is 84.6 Å². The Morgan fingerprint density at radius 1 is 1.07 bits per heavy atom. The molecule has 0 bridgehead atoms. The summed E-state index contributed by atoms with van der Waals surface area (Å²) in [6, 6.07) is 19.0. The van der Waals surface area contributed by atoms with Gasteiger partial charge in [-0.3, -0.25) is 9.69 Å². The van der Waals surface area contributed by atoms with Gasteiger partial charge in [-0.2, -0.15) is 5.10 Å². The summed E-state index contributed by atoms with van der Waals surface area (Å²) >= 11 is 1.41. The smallest absolute Gasteiger partial charge is 0.406 e. The van der Waals surface area contributed by atoms with Gasteiger partial charge in [0.05, 0.1) is 23.7 Å². The fourth-order valence-corrected chi connectivity index (χ4v) is 5.11. The minimum atomic E-state index is -4.74. The third-order valence-corrected chi connectivity index (χ3v) is 7.11. The largest absolute Gasteiger partial charge is 0.573 e. The fraction of sp³-hybridized carbons (Fsp3) is 0.214. The van der Waals surface area contributed by atoms with Crippen molar-refractivity contribution < 1.29 is 22.7 Å². The summed E-state index contributed by atoms with van der Waals surface area (Å²) in [5, 5.41) is 9.57. The van der Waals surface area contributed by atoms with Crippen LogP contribution in [0, 0.1) is 6.92 Å². The molecule has 2 heterocycles. The van der Waals surface area contributed by atoms with Crippen molar-refractivity contribution in [1.82, 2.24) is 20.2 Å². The van der Waals surface area contributed by atoms with Crippen molar-refractivity contribution in [3.05, 3.63) is 89.7 Å². The van der Waals surface area contributed by atoms with Crippen molar-refractivity contribution in [2.45, 2.75) is 33.2 Å². The second-order valence-electron chi connectivity index (χ2n) is 8.93. The van der Waals surface area contributed by atoms with E-state index in [9.17, 15) is 18.0 Å². The van der Waals surface area contributed by atoms with Crippen LogP contribution in [0.5, 0.6) is 5.75 Å². The average Bonchev–Trinajstić information content (AvgIpc) is 3.56. The molecule has 0 saturated carbocycles. The first kappa shape index (κ1) is 27.3. The highest BCUT2D eigenvalue weighted by molar-refractivity contribution is 8.15. The minimum absolute atomic E-state index is 0.0106. The Labute approximate surface area is 232 Å². The van der Waals surface area contributed by atoms with Crippen molar-refractivity contribution >= 4 is 28.5 Å². The minimum Gasteiger partial charge on any atom is -0.406 e. The Hall–Kier alpha value is -4.32. The molecule has 4 aromatic rings. The Balaban J connectivity index is 1.23. The lowest BCUT2D eigenvalue weighted by atomic mass is 10.0. The molecule has 0 radical (unpaired) electrons. The van der Waals surface area contributed by atoms with Crippen LogP contribution in [0.4, 0.5) is 18.9 Å². The molecule has 0 aliphatic carbocycles. The average molecular weight is 567 g/mol. The number of nitrogens with zero attached hydrogens (tertiary/aromatic N) is 5. The van der Waals surface area contributed by atoms with Gasteiger partial charge in [-0.25, -0.2) is 9.67 Å². The summed E-state index contributed by atoms with van der Waals surface area (Å²) < 4.78 is 42.5. The molecule has 0 atom stereocenters. The summed E-state index contributed by atoms with van der Waals surface area (Å²) in [5.41, 5.74) is 8.41. The molecular weight excluding hydrogens is 541 g/mol. The van der Waals surface area contributed by atoms with Gasteiger partial charge in [0, 0.05) is 5.56 Å². The second kappa shape index (κ2) is 11.4. The summed E-state index contributed by atoms with van der Waals surface area (Å²) in [6.07, 6.45) is -2.44. The van der Waals surface area contributed by atoms with Gasteiger partial charge < -0.3 is 10.2 Å². The summed E-state index contributed by atoms with van der Waals surface area (Å²) in [7, 11) is 0. The maximum atomic E-state index is 12.7. The Morgan fingerprint density at radius 3 is 2.52 bits per heavy atom. The zero-order chi connectivity index (χ0) is 28.3. The van der Waals surface area contributed by atoms with Crippen molar-refractivity contribution in [3.63, 3.8) is 0 Å². The van der Waals surface area contributed by atoms with Gasteiger partial charge in [0.25, 0.3) is 0 Å². The zero-order valence-corrected chi connectivity index (χ0v) is 22.5. The number of ether oxygens (including phenoxy) is 1. The molecule has 0 unspecified atom stereocenters. The number of aromatic nitrogens is 3. The SMILES string of the molecule is CCc1cccc(C)c1N1C(=O)CS/C1=N/NCc1ccc(-c2ncn(-c3ccc(OC(F)(F)F)cc3)n2)cc1. The summed E-state index contributed by atoms with van der Waals surface area (Å²) in [4.78, 5) is 18.7. The van der Waals surface area contributed by atoms with Crippen molar-refractivity contribution in [1.29, 1.82) is 0 Å². The maximum Gasteiger partial charge on any atom is 0.573 e. The van der Waals surface area contributed by atoms with E-state index in [1.807, 2.05) is 49.4 Å². The van der Waals surface area contributed by atoms with E-state index >= 15 is 0 Å². The van der Waals surface area contributed by atoms with Gasteiger partial charge in [-0.1, -0.05) is 61.2 Å². The molecule has 1 saturated heterocycles. The molecule has 1 fully saturated rings. The quantitative estimate of drug-likeness (QED) is 0.270. The van der Waals surface area contributed by atoms with Crippen LogP contribution in [0.3, 0.4) is 0 Å². The van der Waals surface area contributed by atoms with E-state index in [1.54, 1.807) is 4.90 Å². The number of nitrogens with one attached hydrogen (secondary N) is 1. The predicted molar refractivity (Wildman–Crippen MR) is 148 cm³/mol. The van der Waals surface area contributed by atoms with Gasteiger partial charge in [-0.15, -0.1) is 18.3 Å². The Morgan fingerprint density at radius 2 is 1.82 bits per heavy atom. The summed E-state index contributed by atoms with van der Waals surface area (Å²) in [6.45, 7) is 4.52. The van der Waals surface area contributed by atoms with E-state index in [2.05, 4.69) is 32.3 Å². The van der Waals surface area contributed by atoms with Crippen LogP contribution < -0.4 is 15.1 Å². The van der Waals surface area contributed by atoms with Gasteiger partial charge in [-0.05, 0) is 54.3 Å². The molecule has 5 rings (SSSR count). The van der Waals surface area contributed by atoms with Crippen LogP contribution in [-0.4, -0.2) is 38.0 Å². The number of carbonyl (C=O) groups is 1. The van der Waals surface area contributed by atoms with Crippen LogP contribution >= 0.6 is 11.8 Å². The molecule has 1 aliphatic heterocycles. The molecule has 1 N–H and O–H groups in total. The standard InChI is InChI=1S/C28H25F3N6O2S/c1-3-20-6-4-5-18(2)25(20)37-24(38)16-40-27(37)34-33-15-19-7-9-21(10-8-19)26-32-17-36(35-26)22-11-13-23(14-12-22)39-28(29,30)31/h4-14,17,33H,3,15-16H2,1-2H3/b34-27+. The van der Waals surface area contributed by atoms with Crippen molar-refractivity contribution in [2.24, 2.45) is 5.10 Å². The lowest BCUT2D eigenvalue weighted by molar-refractivity contribution is -0.274. The lowest BCUT2D eigenvalue weighted by Crippen LogP contribution is -2.32. The first-order valence-electron chi connectivity index (χ1n) is 12.4. The number of hydrogen-bond donors (Lipinski definition) is 1. The number of benzene rings is 3. The number of amidine groups is 1. The Bertz CT molecular complexity index is 1540. The highest BCUT2D eigenvalue weighted by Gasteiger charge is 2.32. The number of alkyl halides is 3. The second-order valence-corrected chi connectivity index (χ2v) is 9.88. The number of aryl methyl sites for hydroxylation is 2. The highest BCUT2D eigenvalue weighted by atomic mass is 32.2. The first-order valence-corrected chi connectivity index (χ1v) is 13.4. The number of carbonyl (C=O) groups excluding carboxylic acids is 1. The van der Waals surface area contributed by atoms with E-state index in [0.29, 0.717) is 29.0 Å². The molecule has 1 aliphatic rings. The molecule has 40 heavy (non-hydrogen) atoms. The molecular formula is C28H25F3N6O2S. The highest BCUT2D eigenvalue weighted by Crippen LogP contribution is 2.32. The van der Waals surface area contributed by atoms with E-state index in [0.717, 1.165) is 34.4 Å². The van der Waals surface area contributed by atoms with Crippen LogP contribution in [0.15, 0.2) is 78.2 Å². The van der Waals surface area contributed by atoms with Crippen molar-refractivity contribution in [3.8, 4) is 22.8 Å². The molecule has 8 nitrogen and oxygen atoms in total. The third kappa shape index (κ3) is 6.12. The van der Waals surface area contributed by atoms with E-state index in [4.69, 9.17) is 0 Å². The van der Waals surface area contributed by atoms with Gasteiger partial charge in [0.15, 0.2) is 11.0 Å². The number of para-hydroxylation sites is 1. The monoisotopic (exact) mass is 566 g/mol. The number of halogens is 3. The van der Waals surface area contributed by atoms with Crippen molar-refractivity contribution in [2.75, 3.05) is 10.7 Å². The van der Waals surface area contributed by atoms with Gasteiger partial charge >= 0.3 is 6.36 Å². The van der Waals surface area contributed by atoms with E-state index in [1.165, 1.54) is 47.0 Å². The zero-order valence-electron chi connectivity index (χ0n) is 21.6. The first-order chi connectivity index (χ1) is 19.2. The number of amides is 1. The van der Waals surface area contributed by atoms with E-state index in [-0.39, 0.29) is 11.7 Å². The molecule has 1 amide bonds. The van der Waals surface area contributed by atoms with Crippen LogP contribution in [0.1, 0.15) is 23.6 Å². The number of hydrogen-bond acceptors (Lipinski definition) is 7. The molecule has 0 spiro atoms. The van der Waals surface area contributed by atoms with Crippen LogP contribution in [0.25, 0.3) is 17.1 Å². The lowest BCUT2D eigenvalue weighted by Gasteiger charge is -2.21. The number of hydrazone groups is 1. The Kier molecular flexibility index (Phi) is 7.78. The predicted octanol–water partition coefficient (Wildman–Crippen LogP) is 5.84.